The van der Waals surface area contributed by atoms with Gasteiger partial charge in [-0.2, -0.15) is 8.42 Å². The number of nitrogens with one attached hydrogen (secondary N) is 2. The summed E-state index contributed by atoms with van der Waals surface area (Å²) in [6.07, 6.45) is -1.02. The Morgan fingerprint density at radius 1 is 1.06 bits per heavy atom. The van der Waals surface area contributed by atoms with Gasteiger partial charge in [-0.05, 0) is 31.0 Å². The molecule has 0 radical (unpaired) electrons. The van der Waals surface area contributed by atoms with Crippen LogP contribution in [0, 0.1) is 6.92 Å². The van der Waals surface area contributed by atoms with E-state index in [1.807, 2.05) is 0 Å². The average molecular weight is 487 g/mol. The number of ether oxygens (including phenoxy) is 2. The normalized spacial score (nSPS) is 12.1. The molecule has 9 nitrogen and oxygen atoms in total. The molecule has 10 heteroatoms. The van der Waals surface area contributed by atoms with Gasteiger partial charge < -0.3 is 19.8 Å². The topological polar surface area (TPSA) is 124 Å². The summed E-state index contributed by atoms with van der Waals surface area (Å²) >= 11 is 0. The van der Waals surface area contributed by atoms with Crippen molar-refractivity contribution in [1.29, 1.82) is 0 Å². The maximum Gasteiger partial charge on any atom is 0.354 e. The van der Waals surface area contributed by atoms with Gasteiger partial charge in [-0.1, -0.05) is 48.5 Å². The number of rotatable bonds is 10. The maximum atomic E-state index is 13.0. The van der Waals surface area contributed by atoms with Crippen molar-refractivity contribution in [1.82, 2.24) is 10.3 Å². The maximum absolute atomic E-state index is 13.0. The van der Waals surface area contributed by atoms with Crippen LogP contribution >= 0.6 is 0 Å². The van der Waals surface area contributed by atoms with Crippen LogP contribution in [0.5, 0.6) is 5.75 Å². The fraction of sp³-hybridized carbons (Fsp3) is 0.250. The number of aromatic amines is 1. The molecule has 1 amide bonds. The number of carbonyl (C=O) groups excluding carboxylic acids is 2. The van der Waals surface area contributed by atoms with Crippen molar-refractivity contribution in [3.8, 4) is 5.75 Å². The Labute approximate surface area is 198 Å². The number of H-pyrrole nitrogens is 1. The van der Waals surface area contributed by atoms with E-state index in [4.69, 9.17) is 13.7 Å². The number of carbonyl (C=O) groups is 2. The third kappa shape index (κ3) is 5.83. The minimum Gasteiger partial charge on any atom is -0.488 e. The lowest BCUT2D eigenvalue weighted by Crippen LogP contribution is -2.22. The number of benzene rings is 2. The van der Waals surface area contributed by atoms with Crippen molar-refractivity contribution in [2.75, 3.05) is 20.3 Å². The minimum atomic E-state index is -4.13. The summed E-state index contributed by atoms with van der Waals surface area (Å²) in [5.74, 6) is -1.11. The Hall–Kier alpha value is -3.63. The van der Waals surface area contributed by atoms with E-state index in [1.54, 1.807) is 62.4 Å². The lowest BCUT2D eigenvalue weighted by atomic mass is 10.1. The van der Waals surface area contributed by atoms with Crippen LogP contribution in [0.3, 0.4) is 0 Å². The Bertz CT molecular complexity index is 1250. The zero-order chi connectivity index (χ0) is 24.7. The molecular weight excluding hydrogens is 460 g/mol. The Morgan fingerprint density at radius 2 is 1.74 bits per heavy atom. The lowest BCUT2D eigenvalue weighted by molar-refractivity contribution is 0.0520. The Balaban J connectivity index is 1.91. The number of aryl methyl sites for hydroxylation is 1. The molecule has 0 saturated heterocycles. The molecule has 0 spiro atoms. The standard InChI is InChI=1S/C24H26N2O7S/c1-4-31-24(28)18-14-19(22(26-18)23(27)25-3)32-15-20(17-11-6-5-7-12-17)33-34(29,30)21-13-9-8-10-16(21)2/h5-14,20,26H,4,15H2,1-3H3,(H,25,27). The first kappa shape index (κ1) is 25.0. The molecule has 3 rings (SSSR count). The first-order valence-electron chi connectivity index (χ1n) is 10.6. The molecule has 180 valence electrons. The second kappa shape index (κ2) is 11.0. The summed E-state index contributed by atoms with van der Waals surface area (Å²) in [7, 11) is -2.70. The van der Waals surface area contributed by atoms with Crippen LogP contribution in [-0.4, -0.2) is 45.5 Å². The second-order valence-electron chi connectivity index (χ2n) is 7.25. The molecule has 0 saturated carbocycles. The fourth-order valence-electron chi connectivity index (χ4n) is 3.22. The van der Waals surface area contributed by atoms with Crippen molar-refractivity contribution in [2.24, 2.45) is 0 Å². The Kier molecular flexibility index (Phi) is 8.08. The van der Waals surface area contributed by atoms with Gasteiger partial charge in [0.2, 0.25) is 0 Å². The monoisotopic (exact) mass is 486 g/mol. The van der Waals surface area contributed by atoms with Gasteiger partial charge in [-0.25, -0.2) is 4.79 Å². The fourth-order valence-corrected chi connectivity index (χ4v) is 4.50. The lowest BCUT2D eigenvalue weighted by Gasteiger charge is -2.19. The van der Waals surface area contributed by atoms with Crippen LogP contribution in [0.25, 0.3) is 0 Å². The molecule has 0 aliphatic rings. The predicted octanol–water partition coefficient (Wildman–Crippen LogP) is 3.39. The summed E-state index contributed by atoms with van der Waals surface area (Å²) in [6, 6.07) is 16.5. The van der Waals surface area contributed by atoms with Crippen molar-refractivity contribution in [3.05, 3.63) is 83.2 Å². The highest BCUT2D eigenvalue weighted by Crippen LogP contribution is 2.28. The third-order valence-corrected chi connectivity index (χ3v) is 6.38. The molecule has 1 unspecified atom stereocenters. The first-order valence-corrected chi connectivity index (χ1v) is 12.0. The van der Waals surface area contributed by atoms with Crippen LogP contribution in [0.2, 0.25) is 0 Å². The summed E-state index contributed by atoms with van der Waals surface area (Å²) < 4.78 is 42.4. The van der Waals surface area contributed by atoms with E-state index >= 15 is 0 Å². The number of esters is 1. The molecule has 2 N–H and O–H groups in total. The van der Waals surface area contributed by atoms with Crippen molar-refractivity contribution in [2.45, 2.75) is 24.8 Å². The zero-order valence-electron chi connectivity index (χ0n) is 19.0. The van der Waals surface area contributed by atoms with Gasteiger partial charge >= 0.3 is 5.97 Å². The van der Waals surface area contributed by atoms with Crippen LogP contribution in [-0.2, 0) is 19.0 Å². The van der Waals surface area contributed by atoms with Gasteiger partial charge in [-0.15, -0.1) is 0 Å². The second-order valence-corrected chi connectivity index (χ2v) is 8.79. The molecule has 3 aromatic rings. The number of hydrogen-bond acceptors (Lipinski definition) is 7. The number of hydrogen-bond donors (Lipinski definition) is 2. The molecular formula is C24H26N2O7S. The molecule has 0 aliphatic carbocycles. The third-order valence-electron chi connectivity index (χ3n) is 4.90. The van der Waals surface area contributed by atoms with E-state index in [0.717, 1.165) is 0 Å². The molecule has 2 aromatic carbocycles. The molecule has 1 aromatic heterocycles. The van der Waals surface area contributed by atoms with Crippen molar-refractivity contribution >= 4 is 22.0 Å². The highest BCUT2D eigenvalue weighted by molar-refractivity contribution is 7.86. The summed E-state index contributed by atoms with van der Waals surface area (Å²) in [5.41, 5.74) is 1.13. The van der Waals surface area contributed by atoms with Crippen LogP contribution in [0.15, 0.2) is 65.6 Å². The van der Waals surface area contributed by atoms with Gasteiger partial charge in [0.25, 0.3) is 16.0 Å². The quantitative estimate of drug-likeness (QED) is 0.333. The van der Waals surface area contributed by atoms with E-state index in [-0.39, 0.29) is 35.2 Å². The molecule has 0 aliphatic heterocycles. The highest BCUT2D eigenvalue weighted by atomic mass is 32.2. The predicted molar refractivity (Wildman–Crippen MR) is 124 cm³/mol. The van der Waals surface area contributed by atoms with E-state index in [1.165, 1.54) is 19.2 Å². The first-order chi connectivity index (χ1) is 16.3. The summed E-state index contributed by atoms with van der Waals surface area (Å²) in [5, 5.41) is 2.46. The van der Waals surface area contributed by atoms with Gasteiger partial charge in [0, 0.05) is 13.1 Å². The average Bonchev–Trinajstić information content (AvgIpc) is 3.26. The van der Waals surface area contributed by atoms with Crippen LogP contribution in [0.4, 0.5) is 0 Å². The number of aromatic nitrogens is 1. The molecule has 0 bridgehead atoms. The molecule has 1 heterocycles. The SMILES string of the molecule is CCOC(=O)c1cc(OCC(OS(=O)(=O)c2ccccc2C)c2ccccc2)c(C(=O)NC)[nH]1. The van der Waals surface area contributed by atoms with Gasteiger partial charge in [0.1, 0.15) is 24.1 Å². The van der Waals surface area contributed by atoms with Crippen LogP contribution < -0.4 is 10.1 Å². The largest absolute Gasteiger partial charge is 0.488 e. The zero-order valence-corrected chi connectivity index (χ0v) is 19.8. The van der Waals surface area contributed by atoms with Crippen molar-refractivity contribution < 1.29 is 31.7 Å². The van der Waals surface area contributed by atoms with Gasteiger partial charge in [0.15, 0.2) is 5.75 Å². The van der Waals surface area contributed by atoms with E-state index in [9.17, 15) is 18.0 Å². The minimum absolute atomic E-state index is 0.000810. The van der Waals surface area contributed by atoms with E-state index < -0.39 is 28.1 Å². The molecule has 34 heavy (non-hydrogen) atoms. The molecule has 1 atom stereocenters. The van der Waals surface area contributed by atoms with Gasteiger partial charge in [0.05, 0.1) is 11.5 Å². The van der Waals surface area contributed by atoms with E-state index in [2.05, 4.69) is 10.3 Å². The highest BCUT2D eigenvalue weighted by Gasteiger charge is 2.27. The number of amides is 1. The summed E-state index contributed by atoms with van der Waals surface area (Å²) in [6.45, 7) is 3.24. The van der Waals surface area contributed by atoms with Crippen molar-refractivity contribution in [3.63, 3.8) is 0 Å². The summed E-state index contributed by atoms with van der Waals surface area (Å²) in [4.78, 5) is 27.1. The van der Waals surface area contributed by atoms with E-state index in [0.29, 0.717) is 11.1 Å². The smallest absolute Gasteiger partial charge is 0.354 e. The Morgan fingerprint density at radius 3 is 2.38 bits per heavy atom. The molecule has 0 fully saturated rings. The van der Waals surface area contributed by atoms with Gasteiger partial charge in [-0.3, -0.25) is 8.98 Å². The van der Waals surface area contributed by atoms with Crippen LogP contribution in [0.1, 0.15) is 45.1 Å².